The van der Waals surface area contributed by atoms with E-state index in [2.05, 4.69) is 34.7 Å². The number of carbonyl (C=O) groups is 2. The van der Waals surface area contributed by atoms with Crippen LogP contribution in [0.2, 0.25) is 0 Å². The number of carbonyl (C=O) groups excluding carboxylic acids is 2. The molecule has 0 radical (unpaired) electrons. The summed E-state index contributed by atoms with van der Waals surface area (Å²) < 4.78 is 8.51. The van der Waals surface area contributed by atoms with E-state index in [9.17, 15) is 14.4 Å². The van der Waals surface area contributed by atoms with Crippen LogP contribution < -0.4 is 20.9 Å². The van der Waals surface area contributed by atoms with Crippen molar-refractivity contribution in [2.24, 2.45) is 5.92 Å². The van der Waals surface area contributed by atoms with Gasteiger partial charge in [0, 0.05) is 12.6 Å². The van der Waals surface area contributed by atoms with Crippen LogP contribution in [0, 0.1) is 5.92 Å². The average molecular weight is 495 g/mol. The van der Waals surface area contributed by atoms with E-state index in [1.165, 1.54) is 4.57 Å². The third-order valence-corrected chi connectivity index (χ3v) is 6.23. The molecule has 10 nitrogen and oxygen atoms in total. The second kappa shape index (κ2) is 10.6. The largest absolute Gasteiger partial charge is 0.497 e. The van der Waals surface area contributed by atoms with Gasteiger partial charge in [-0.05, 0) is 36.6 Å². The number of nitrogens with zero attached hydrogens (tertiary/aromatic N) is 4. The molecule has 2 N–H and O–H groups in total. The SMILES string of the molecule is COc1cccc(-n2c(=O)c3ccccc3n3c(SCC(=O)NC(=O)NCCC(C)C)nnc23)c1. The first-order chi connectivity index (χ1) is 16.9. The summed E-state index contributed by atoms with van der Waals surface area (Å²) in [7, 11) is 1.55. The topological polar surface area (TPSA) is 120 Å². The Morgan fingerprint density at radius 2 is 1.91 bits per heavy atom. The standard InChI is InChI=1S/C24H26N6O4S/c1-15(2)11-12-25-22(33)26-20(31)14-35-24-28-27-23-29(16-7-6-8-17(13-16)34-3)21(32)18-9-4-5-10-19(18)30(23)24/h4-10,13,15H,11-12,14H2,1-3H3,(H2,25,26,31,33). The fourth-order valence-corrected chi connectivity index (χ4v) is 4.31. The molecule has 4 aromatic rings. The van der Waals surface area contributed by atoms with Crippen molar-refractivity contribution in [1.82, 2.24) is 29.8 Å². The number of imide groups is 1. The lowest BCUT2D eigenvalue weighted by molar-refractivity contribution is -0.117. The van der Waals surface area contributed by atoms with Crippen LogP contribution in [0.5, 0.6) is 5.75 Å². The summed E-state index contributed by atoms with van der Waals surface area (Å²) in [6, 6.07) is 13.7. The van der Waals surface area contributed by atoms with E-state index in [4.69, 9.17) is 4.74 Å². The van der Waals surface area contributed by atoms with Crippen LogP contribution in [-0.4, -0.2) is 50.5 Å². The maximum Gasteiger partial charge on any atom is 0.321 e. The number of benzene rings is 2. The van der Waals surface area contributed by atoms with Crippen molar-refractivity contribution in [2.75, 3.05) is 19.4 Å². The number of fused-ring (bicyclic) bond motifs is 3. The number of nitrogens with one attached hydrogen (secondary N) is 2. The molecule has 0 saturated heterocycles. The predicted octanol–water partition coefficient (Wildman–Crippen LogP) is 3.01. The molecule has 2 heterocycles. The molecule has 0 spiro atoms. The average Bonchev–Trinajstić information content (AvgIpc) is 3.26. The number of hydrogen-bond donors (Lipinski definition) is 2. The van der Waals surface area contributed by atoms with Crippen molar-refractivity contribution >= 4 is 40.4 Å². The van der Waals surface area contributed by atoms with Gasteiger partial charge in [0.1, 0.15) is 5.75 Å². The first-order valence-electron chi connectivity index (χ1n) is 11.1. The first kappa shape index (κ1) is 24.3. The van der Waals surface area contributed by atoms with Crippen molar-refractivity contribution in [3.05, 3.63) is 58.9 Å². The van der Waals surface area contributed by atoms with E-state index < -0.39 is 11.9 Å². The van der Waals surface area contributed by atoms with E-state index >= 15 is 0 Å². The fourth-order valence-electron chi connectivity index (χ4n) is 3.57. The van der Waals surface area contributed by atoms with Gasteiger partial charge >= 0.3 is 6.03 Å². The number of ether oxygens (including phenoxy) is 1. The van der Waals surface area contributed by atoms with Crippen molar-refractivity contribution in [3.63, 3.8) is 0 Å². The number of thioether (sulfide) groups is 1. The molecule has 2 aromatic heterocycles. The van der Waals surface area contributed by atoms with Gasteiger partial charge in [-0.3, -0.25) is 19.3 Å². The zero-order chi connectivity index (χ0) is 24.9. The van der Waals surface area contributed by atoms with Crippen molar-refractivity contribution in [3.8, 4) is 11.4 Å². The second-order valence-corrected chi connectivity index (χ2v) is 9.19. The van der Waals surface area contributed by atoms with Crippen LogP contribution in [0.1, 0.15) is 20.3 Å². The Hall–Kier alpha value is -3.86. The minimum atomic E-state index is -0.528. The molecule has 0 atom stereocenters. The van der Waals surface area contributed by atoms with Crippen LogP contribution in [0.15, 0.2) is 58.5 Å². The molecule has 0 bridgehead atoms. The maximum atomic E-state index is 13.4. The minimum Gasteiger partial charge on any atom is -0.497 e. The molecule has 0 fully saturated rings. The molecule has 0 saturated carbocycles. The molecule has 3 amide bonds. The highest BCUT2D eigenvalue weighted by molar-refractivity contribution is 7.99. The zero-order valence-electron chi connectivity index (χ0n) is 19.6. The number of amides is 3. The van der Waals surface area contributed by atoms with Crippen molar-refractivity contribution in [1.29, 1.82) is 0 Å². The molecule has 4 rings (SSSR count). The Kier molecular flexibility index (Phi) is 7.35. The predicted molar refractivity (Wildman–Crippen MR) is 134 cm³/mol. The van der Waals surface area contributed by atoms with Crippen molar-refractivity contribution < 1.29 is 14.3 Å². The highest BCUT2D eigenvalue weighted by Crippen LogP contribution is 2.24. The number of hydrogen-bond acceptors (Lipinski definition) is 7. The quantitative estimate of drug-likeness (QED) is 0.361. The number of urea groups is 1. The molecule has 0 aliphatic rings. The highest BCUT2D eigenvalue weighted by atomic mass is 32.2. The van der Waals surface area contributed by atoms with Crippen LogP contribution in [0.4, 0.5) is 4.79 Å². The highest BCUT2D eigenvalue weighted by Gasteiger charge is 2.19. The van der Waals surface area contributed by atoms with Crippen LogP contribution >= 0.6 is 11.8 Å². The zero-order valence-corrected chi connectivity index (χ0v) is 20.5. The number of aromatic nitrogens is 4. The maximum absolute atomic E-state index is 13.4. The minimum absolute atomic E-state index is 0.0506. The molecular formula is C24H26N6O4S. The lowest BCUT2D eigenvalue weighted by Crippen LogP contribution is -2.40. The Balaban J connectivity index is 1.64. The normalized spacial score (nSPS) is 11.2. The summed E-state index contributed by atoms with van der Waals surface area (Å²) in [4.78, 5) is 37.7. The van der Waals surface area contributed by atoms with E-state index in [0.717, 1.165) is 18.2 Å². The Morgan fingerprint density at radius 1 is 1.11 bits per heavy atom. The Labute approximate surface area is 205 Å². The summed E-state index contributed by atoms with van der Waals surface area (Å²) in [5.74, 6) is 0.839. The van der Waals surface area contributed by atoms with Gasteiger partial charge in [-0.2, -0.15) is 0 Å². The second-order valence-electron chi connectivity index (χ2n) is 8.25. The lowest BCUT2D eigenvalue weighted by atomic mass is 10.1. The lowest BCUT2D eigenvalue weighted by Gasteiger charge is -2.12. The van der Waals surface area contributed by atoms with Crippen LogP contribution in [-0.2, 0) is 4.79 Å². The van der Waals surface area contributed by atoms with E-state index in [0.29, 0.717) is 45.7 Å². The summed E-state index contributed by atoms with van der Waals surface area (Å²) in [5.41, 5.74) is 0.942. The van der Waals surface area contributed by atoms with E-state index in [1.54, 1.807) is 54.0 Å². The third-order valence-electron chi connectivity index (χ3n) is 5.30. The van der Waals surface area contributed by atoms with Gasteiger partial charge < -0.3 is 10.1 Å². The van der Waals surface area contributed by atoms with Crippen LogP contribution in [0.25, 0.3) is 22.4 Å². The molecule has 0 aliphatic carbocycles. The van der Waals surface area contributed by atoms with Gasteiger partial charge in [-0.1, -0.05) is 43.8 Å². The Morgan fingerprint density at radius 3 is 2.69 bits per heavy atom. The van der Waals surface area contributed by atoms with Gasteiger partial charge in [0.25, 0.3) is 5.56 Å². The summed E-state index contributed by atoms with van der Waals surface area (Å²) in [6.45, 7) is 4.61. The van der Waals surface area contributed by atoms with E-state index in [1.807, 2.05) is 6.07 Å². The Bertz CT molecular complexity index is 1450. The van der Waals surface area contributed by atoms with Gasteiger partial charge in [0.15, 0.2) is 5.16 Å². The van der Waals surface area contributed by atoms with Crippen molar-refractivity contribution in [2.45, 2.75) is 25.4 Å². The molecule has 11 heteroatoms. The van der Waals surface area contributed by atoms with Gasteiger partial charge in [-0.25, -0.2) is 9.36 Å². The summed E-state index contributed by atoms with van der Waals surface area (Å²) in [5, 5.41) is 14.4. The molecule has 0 aliphatic heterocycles. The molecule has 2 aromatic carbocycles. The summed E-state index contributed by atoms with van der Waals surface area (Å²) >= 11 is 1.12. The molecular weight excluding hydrogens is 468 g/mol. The van der Waals surface area contributed by atoms with Crippen LogP contribution in [0.3, 0.4) is 0 Å². The smallest absolute Gasteiger partial charge is 0.321 e. The van der Waals surface area contributed by atoms with Gasteiger partial charge in [-0.15, -0.1) is 10.2 Å². The van der Waals surface area contributed by atoms with Gasteiger partial charge in [0.2, 0.25) is 11.7 Å². The fraction of sp³-hybridized carbons (Fsp3) is 0.292. The number of para-hydroxylation sites is 1. The van der Waals surface area contributed by atoms with Gasteiger partial charge in [0.05, 0.1) is 29.5 Å². The molecule has 182 valence electrons. The third kappa shape index (κ3) is 5.29. The number of rotatable bonds is 8. The number of methoxy groups -OCH3 is 1. The first-order valence-corrected chi connectivity index (χ1v) is 12.1. The molecule has 0 unspecified atom stereocenters. The van der Waals surface area contributed by atoms with E-state index in [-0.39, 0.29) is 11.3 Å². The summed E-state index contributed by atoms with van der Waals surface area (Å²) in [6.07, 6.45) is 0.824. The molecule has 35 heavy (non-hydrogen) atoms. The monoisotopic (exact) mass is 494 g/mol.